The van der Waals surface area contributed by atoms with Crippen LogP contribution in [-0.4, -0.2) is 18.0 Å². The van der Waals surface area contributed by atoms with E-state index >= 15 is 0 Å². The molecule has 1 heterocycles. The number of benzene rings is 1. The summed E-state index contributed by atoms with van der Waals surface area (Å²) < 4.78 is 5.34. The summed E-state index contributed by atoms with van der Waals surface area (Å²) in [5, 5.41) is 2.90. The van der Waals surface area contributed by atoms with Gasteiger partial charge in [0.1, 0.15) is 5.75 Å². The van der Waals surface area contributed by atoms with Crippen LogP contribution < -0.4 is 10.1 Å². The molecule has 0 radical (unpaired) electrons. The molecule has 4 heteroatoms. The maximum atomic E-state index is 12.5. The van der Waals surface area contributed by atoms with Crippen LogP contribution >= 0.6 is 0 Å². The normalized spacial score (nSPS) is 10.9. The average Bonchev–Trinajstić information content (AvgIpc) is 2.48. The maximum absolute atomic E-state index is 12.5. The van der Waals surface area contributed by atoms with E-state index in [2.05, 4.69) is 10.3 Å². The highest BCUT2D eigenvalue weighted by Gasteiger charge is 2.32. The lowest BCUT2D eigenvalue weighted by Gasteiger charge is -2.26. The summed E-state index contributed by atoms with van der Waals surface area (Å²) in [4.78, 5) is 16.4. The smallest absolute Gasteiger partial charge is 0.234 e. The third-order valence-corrected chi connectivity index (χ3v) is 3.29. The number of hydrogen-bond acceptors (Lipinski definition) is 3. The molecular formula is C16H18N2O2. The zero-order chi connectivity index (χ0) is 14.6. The number of carbonyl (C=O) groups excluding carboxylic acids is 1. The van der Waals surface area contributed by atoms with Crippen LogP contribution in [0.5, 0.6) is 5.75 Å². The number of pyridine rings is 1. The second-order valence-electron chi connectivity index (χ2n) is 5.02. The molecule has 2 aromatic rings. The molecule has 1 aromatic heterocycles. The van der Waals surface area contributed by atoms with E-state index in [1.54, 1.807) is 31.6 Å². The molecule has 2 rings (SSSR count). The Bertz CT molecular complexity index is 594. The van der Waals surface area contributed by atoms with Crippen molar-refractivity contribution in [2.45, 2.75) is 19.3 Å². The predicted molar refractivity (Wildman–Crippen MR) is 78.9 cm³/mol. The largest absolute Gasteiger partial charge is 0.496 e. The highest BCUT2D eigenvalue weighted by atomic mass is 16.5. The van der Waals surface area contributed by atoms with Crippen molar-refractivity contribution >= 4 is 11.6 Å². The van der Waals surface area contributed by atoms with Crippen LogP contribution in [0.1, 0.15) is 19.4 Å². The van der Waals surface area contributed by atoms with Gasteiger partial charge in [-0.3, -0.25) is 9.78 Å². The molecule has 0 atom stereocenters. The number of amides is 1. The first-order valence-corrected chi connectivity index (χ1v) is 6.40. The van der Waals surface area contributed by atoms with E-state index in [1.807, 2.05) is 38.1 Å². The summed E-state index contributed by atoms with van der Waals surface area (Å²) in [5.41, 5.74) is 0.887. The Hall–Kier alpha value is -2.36. The molecule has 0 saturated carbocycles. The Morgan fingerprint density at radius 1 is 1.15 bits per heavy atom. The minimum absolute atomic E-state index is 0.0896. The number of carbonyl (C=O) groups is 1. The van der Waals surface area contributed by atoms with E-state index in [4.69, 9.17) is 4.74 Å². The fourth-order valence-electron chi connectivity index (χ4n) is 2.01. The molecule has 0 aliphatic carbocycles. The van der Waals surface area contributed by atoms with Crippen molar-refractivity contribution in [2.75, 3.05) is 12.4 Å². The topological polar surface area (TPSA) is 51.2 Å². The maximum Gasteiger partial charge on any atom is 0.234 e. The lowest BCUT2D eigenvalue weighted by atomic mass is 9.83. The number of para-hydroxylation sites is 1. The molecule has 1 aromatic carbocycles. The lowest BCUT2D eigenvalue weighted by Crippen LogP contribution is -2.35. The molecule has 0 bridgehead atoms. The quantitative estimate of drug-likeness (QED) is 0.929. The molecule has 4 nitrogen and oxygen atoms in total. The van der Waals surface area contributed by atoms with Gasteiger partial charge in [0.05, 0.1) is 12.5 Å². The van der Waals surface area contributed by atoms with Gasteiger partial charge in [-0.2, -0.15) is 0 Å². The molecule has 0 fully saturated rings. The van der Waals surface area contributed by atoms with Crippen LogP contribution in [0.3, 0.4) is 0 Å². The number of aromatic nitrogens is 1. The molecule has 0 aliphatic rings. The van der Waals surface area contributed by atoms with E-state index in [0.717, 1.165) is 11.3 Å². The van der Waals surface area contributed by atoms with Gasteiger partial charge in [-0.05, 0) is 32.0 Å². The Morgan fingerprint density at radius 2 is 1.80 bits per heavy atom. The molecule has 1 N–H and O–H groups in total. The van der Waals surface area contributed by atoms with Gasteiger partial charge >= 0.3 is 0 Å². The monoisotopic (exact) mass is 270 g/mol. The number of methoxy groups -OCH3 is 1. The second kappa shape index (κ2) is 5.74. The van der Waals surface area contributed by atoms with Gasteiger partial charge in [-0.25, -0.2) is 0 Å². The fourth-order valence-corrected chi connectivity index (χ4v) is 2.01. The number of ether oxygens (including phenoxy) is 1. The van der Waals surface area contributed by atoms with Crippen molar-refractivity contribution in [3.05, 3.63) is 54.4 Å². The summed E-state index contributed by atoms with van der Waals surface area (Å²) in [6.45, 7) is 3.75. The van der Waals surface area contributed by atoms with Gasteiger partial charge in [0, 0.05) is 23.6 Å². The van der Waals surface area contributed by atoms with Crippen molar-refractivity contribution in [1.29, 1.82) is 0 Å². The van der Waals surface area contributed by atoms with Crippen molar-refractivity contribution in [2.24, 2.45) is 0 Å². The third kappa shape index (κ3) is 2.79. The predicted octanol–water partition coefficient (Wildman–Crippen LogP) is 3.01. The highest BCUT2D eigenvalue weighted by molar-refractivity contribution is 5.98. The van der Waals surface area contributed by atoms with Crippen molar-refractivity contribution in [1.82, 2.24) is 4.98 Å². The summed E-state index contributed by atoms with van der Waals surface area (Å²) in [5.74, 6) is 0.621. The standard InChI is InChI=1S/C16H18N2O2/c1-16(2,13-6-4-5-7-14(13)20-3)15(19)18-12-8-10-17-11-9-12/h4-11H,1-3H3,(H,17,18,19). The molecule has 0 unspecified atom stereocenters. The summed E-state index contributed by atoms with van der Waals surface area (Å²) in [7, 11) is 1.61. The molecule has 20 heavy (non-hydrogen) atoms. The summed E-state index contributed by atoms with van der Waals surface area (Å²) >= 11 is 0. The molecule has 1 amide bonds. The van der Waals surface area contributed by atoms with Gasteiger partial charge in [0.25, 0.3) is 0 Å². The molecule has 0 saturated heterocycles. The van der Waals surface area contributed by atoms with Crippen LogP contribution in [0.4, 0.5) is 5.69 Å². The van der Waals surface area contributed by atoms with E-state index < -0.39 is 5.41 Å². The minimum atomic E-state index is -0.699. The summed E-state index contributed by atoms with van der Waals surface area (Å²) in [6.07, 6.45) is 3.29. The van der Waals surface area contributed by atoms with Crippen LogP contribution in [0.15, 0.2) is 48.8 Å². The zero-order valence-electron chi connectivity index (χ0n) is 11.9. The van der Waals surface area contributed by atoms with Crippen molar-refractivity contribution in [3.8, 4) is 5.75 Å². The first-order valence-electron chi connectivity index (χ1n) is 6.40. The second-order valence-corrected chi connectivity index (χ2v) is 5.02. The van der Waals surface area contributed by atoms with E-state index in [0.29, 0.717) is 5.75 Å². The van der Waals surface area contributed by atoms with Crippen LogP contribution in [0.25, 0.3) is 0 Å². The van der Waals surface area contributed by atoms with Gasteiger partial charge in [0.15, 0.2) is 0 Å². The third-order valence-electron chi connectivity index (χ3n) is 3.29. The zero-order valence-corrected chi connectivity index (χ0v) is 11.9. The molecule has 104 valence electrons. The Balaban J connectivity index is 2.27. The average molecular weight is 270 g/mol. The van der Waals surface area contributed by atoms with E-state index in [-0.39, 0.29) is 5.91 Å². The number of hydrogen-bond donors (Lipinski definition) is 1. The van der Waals surface area contributed by atoms with Crippen molar-refractivity contribution < 1.29 is 9.53 Å². The van der Waals surface area contributed by atoms with Crippen LogP contribution in [0, 0.1) is 0 Å². The van der Waals surface area contributed by atoms with E-state index in [9.17, 15) is 4.79 Å². The van der Waals surface area contributed by atoms with Gasteiger partial charge in [-0.1, -0.05) is 18.2 Å². The van der Waals surface area contributed by atoms with E-state index in [1.165, 1.54) is 0 Å². The van der Waals surface area contributed by atoms with Crippen molar-refractivity contribution in [3.63, 3.8) is 0 Å². The Kier molecular flexibility index (Phi) is 4.03. The Labute approximate surface area is 118 Å². The summed E-state index contributed by atoms with van der Waals surface area (Å²) in [6, 6.07) is 11.1. The fraction of sp³-hybridized carbons (Fsp3) is 0.250. The molecular weight excluding hydrogens is 252 g/mol. The first-order chi connectivity index (χ1) is 9.55. The number of nitrogens with one attached hydrogen (secondary N) is 1. The number of anilines is 1. The van der Waals surface area contributed by atoms with Gasteiger partial charge in [0.2, 0.25) is 5.91 Å². The van der Waals surface area contributed by atoms with Gasteiger partial charge in [-0.15, -0.1) is 0 Å². The number of nitrogens with zero attached hydrogens (tertiary/aromatic N) is 1. The lowest BCUT2D eigenvalue weighted by molar-refractivity contribution is -0.120. The van der Waals surface area contributed by atoms with Crippen LogP contribution in [-0.2, 0) is 10.2 Å². The van der Waals surface area contributed by atoms with Gasteiger partial charge < -0.3 is 10.1 Å². The molecule has 0 aliphatic heterocycles. The SMILES string of the molecule is COc1ccccc1C(C)(C)C(=O)Nc1ccncc1. The first kappa shape index (κ1) is 14.1. The Morgan fingerprint density at radius 3 is 2.45 bits per heavy atom. The van der Waals surface area contributed by atoms with Crippen LogP contribution in [0.2, 0.25) is 0 Å². The minimum Gasteiger partial charge on any atom is -0.496 e. The molecule has 0 spiro atoms. The highest BCUT2D eigenvalue weighted by Crippen LogP contribution is 2.32. The number of rotatable bonds is 4.